The summed E-state index contributed by atoms with van der Waals surface area (Å²) in [5, 5.41) is 0.923. The number of furan rings is 1. The summed E-state index contributed by atoms with van der Waals surface area (Å²) in [5.41, 5.74) is 3.02. The van der Waals surface area contributed by atoms with Crippen LogP contribution in [0.2, 0.25) is 0 Å². The fourth-order valence-electron chi connectivity index (χ4n) is 4.13. The van der Waals surface area contributed by atoms with Gasteiger partial charge in [-0.25, -0.2) is 0 Å². The smallest absolute Gasteiger partial charge is 0.253 e. The first-order chi connectivity index (χ1) is 14.0. The van der Waals surface area contributed by atoms with Crippen molar-refractivity contribution in [3.8, 4) is 5.75 Å². The quantitative estimate of drug-likeness (QED) is 0.600. The third kappa shape index (κ3) is 3.77. The van der Waals surface area contributed by atoms with Gasteiger partial charge in [0.25, 0.3) is 5.91 Å². The molecule has 1 atom stereocenters. The number of ether oxygens (including phenoxy) is 1. The molecule has 1 fully saturated rings. The lowest BCUT2D eigenvalue weighted by atomic mass is 9.88. The summed E-state index contributed by atoms with van der Waals surface area (Å²) in [4.78, 5) is 28.0. The molecule has 5 heteroatoms. The predicted octanol–water partition coefficient (Wildman–Crippen LogP) is 4.79. The molecule has 1 aliphatic heterocycles. The second kappa shape index (κ2) is 7.74. The lowest BCUT2D eigenvalue weighted by Gasteiger charge is -2.32. The number of benzene rings is 2. The minimum atomic E-state index is -0.181. The number of aryl methyl sites for hydroxylation is 2. The summed E-state index contributed by atoms with van der Waals surface area (Å²) >= 11 is 0. The highest BCUT2D eigenvalue weighted by Gasteiger charge is 2.30. The molecule has 3 aromatic rings. The number of hydrogen-bond acceptors (Lipinski definition) is 4. The highest BCUT2D eigenvalue weighted by atomic mass is 16.5. The fourth-order valence-corrected chi connectivity index (χ4v) is 4.13. The van der Waals surface area contributed by atoms with Gasteiger partial charge in [0.2, 0.25) is 0 Å². The van der Waals surface area contributed by atoms with Gasteiger partial charge in [0.1, 0.15) is 17.1 Å². The van der Waals surface area contributed by atoms with Crippen LogP contribution >= 0.6 is 0 Å². The van der Waals surface area contributed by atoms with E-state index in [1.54, 1.807) is 18.1 Å². The summed E-state index contributed by atoms with van der Waals surface area (Å²) in [5.74, 6) is 1.45. The number of piperidine rings is 1. The van der Waals surface area contributed by atoms with Crippen molar-refractivity contribution in [2.24, 2.45) is 5.92 Å². The molecule has 1 aliphatic rings. The highest BCUT2D eigenvalue weighted by molar-refractivity contribution is 6.01. The Morgan fingerprint density at radius 3 is 2.69 bits per heavy atom. The molecular weight excluding hydrogens is 366 g/mol. The van der Waals surface area contributed by atoms with Crippen molar-refractivity contribution in [1.82, 2.24) is 4.90 Å². The van der Waals surface area contributed by atoms with Crippen LogP contribution < -0.4 is 4.74 Å². The van der Waals surface area contributed by atoms with E-state index in [1.165, 1.54) is 0 Å². The number of methoxy groups -OCH3 is 1. The number of fused-ring (bicyclic) bond motifs is 1. The Kier molecular flexibility index (Phi) is 5.14. The molecule has 2 aromatic carbocycles. The molecule has 0 spiro atoms. The third-order valence-corrected chi connectivity index (χ3v) is 5.66. The van der Waals surface area contributed by atoms with E-state index in [0.29, 0.717) is 24.2 Å². The molecule has 0 saturated carbocycles. The molecule has 1 amide bonds. The molecule has 0 aliphatic carbocycles. The normalized spacial score (nSPS) is 16.8. The zero-order valence-electron chi connectivity index (χ0n) is 17.0. The minimum absolute atomic E-state index is 0.0327. The van der Waals surface area contributed by atoms with Gasteiger partial charge < -0.3 is 14.1 Å². The largest absolute Gasteiger partial charge is 0.497 e. The summed E-state index contributed by atoms with van der Waals surface area (Å²) < 4.78 is 10.8. The van der Waals surface area contributed by atoms with Crippen LogP contribution in [0.25, 0.3) is 11.0 Å². The maximum absolute atomic E-state index is 13.1. The van der Waals surface area contributed by atoms with Crippen molar-refractivity contribution in [2.45, 2.75) is 26.7 Å². The zero-order chi connectivity index (χ0) is 20.5. The van der Waals surface area contributed by atoms with E-state index in [1.807, 2.05) is 50.2 Å². The molecule has 29 heavy (non-hydrogen) atoms. The Morgan fingerprint density at radius 2 is 1.93 bits per heavy atom. The standard InChI is InChI=1S/C24H25NO4/c1-15-11-20(28-3)7-8-21(15)23(26)18-5-4-10-25(14-18)24(27)17-6-9-22-19(13-17)12-16(2)29-22/h6-9,11-13,18H,4-5,10,14H2,1-3H3. The molecule has 1 unspecified atom stereocenters. The zero-order valence-corrected chi connectivity index (χ0v) is 17.0. The van der Waals surface area contributed by atoms with Gasteiger partial charge >= 0.3 is 0 Å². The second-order valence-corrected chi connectivity index (χ2v) is 7.75. The number of hydrogen-bond donors (Lipinski definition) is 0. The van der Waals surface area contributed by atoms with Gasteiger partial charge in [-0.3, -0.25) is 9.59 Å². The first kappa shape index (κ1) is 19.2. The van der Waals surface area contributed by atoms with Crippen LogP contribution in [-0.2, 0) is 0 Å². The minimum Gasteiger partial charge on any atom is -0.497 e. The lowest BCUT2D eigenvalue weighted by molar-refractivity contribution is 0.0637. The summed E-state index contributed by atoms with van der Waals surface area (Å²) in [6.07, 6.45) is 1.62. The number of carbonyl (C=O) groups excluding carboxylic acids is 2. The maximum atomic E-state index is 13.1. The van der Waals surface area contributed by atoms with E-state index in [2.05, 4.69) is 0 Å². The Balaban J connectivity index is 1.52. The maximum Gasteiger partial charge on any atom is 0.253 e. The van der Waals surface area contributed by atoms with Crippen molar-refractivity contribution in [3.63, 3.8) is 0 Å². The number of rotatable bonds is 4. The van der Waals surface area contributed by atoms with Crippen LogP contribution in [0, 0.1) is 19.8 Å². The van der Waals surface area contributed by atoms with Crippen LogP contribution in [0.3, 0.4) is 0 Å². The van der Waals surface area contributed by atoms with E-state index in [0.717, 1.165) is 40.9 Å². The number of amides is 1. The highest BCUT2D eigenvalue weighted by Crippen LogP contribution is 2.27. The summed E-state index contributed by atoms with van der Waals surface area (Å²) in [6, 6.07) is 12.9. The SMILES string of the molecule is COc1ccc(C(=O)C2CCCN(C(=O)c3ccc4oc(C)cc4c3)C2)c(C)c1. The predicted molar refractivity (Wildman–Crippen MR) is 112 cm³/mol. The molecule has 0 radical (unpaired) electrons. The molecule has 1 aromatic heterocycles. The van der Waals surface area contributed by atoms with Gasteiger partial charge in [-0.2, -0.15) is 0 Å². The number of ketones is 1. The summed E-state index contributed by atoms with van der Waals surface area (Å²) in [6.45, 7) is 4.94. The molecule has 4 rings (SSSR count). The Labute approximate surface area is 170 Å². The average molecular weight is 391 g/mol. The van der Waals surface area contributed by atoms with Crippen LogP contribution in [0.15, 0.2) is 46.9 Å². The van der Waals surface area contributed by atoms with Crippen molar-refractivity contribution in [2.75, 3.05) is 20.2 Å². The molecule has 0 bridgehead atoms. The Morgan fingerprint density at radius 1 is 1.10 bits per heavy atom. The van der Waals surface area contributed by atoms with Gasteiger partial charge in [0, 0.05) is 35.5 Å². The second-order valence-electron chi connectivity index (χ2n) is 7.75. The first-order valence-corrected chi connectivity index (χ1v) is 9.94. The Hall–Kier alpha value is -3.08. The van der Waals surface area contributed by atoms with E-state index in [-0.39, 0.29) is 17.6 Å². The molecule has 2 heterocycles. The first-order valence-electron chi connectivity index (χ1n) is 9.94. The van der Waals surface area contributed by atoms with Crippen LogP contribution in [-0.4, -0.2) is 36.8 Å². The van der Waals surface area contributed by atoms with Crippen LogP contribution in [0.1, 0.15) is 44.9 Å². The average Bonchev–Trinajstić information content (AvgIpc) is 3.11. The number of carbonyl (C=O) groups is 2. The summed E-state index contributed by atoms with van der Waals surface area (Å²) in [7, 11) is 1.61. The van der Waals surface area contributed by atoms with Crippen molar-refractivity contribution in [1.29, 1.82) is 0 Å². The molecule has 0 N–H and O–H groups in total. The molecule has 1 saturated heterocycles. The number of likely N-dealkylation sites (tertiary alicyclic amines) is 1. The van der Waals surface area contributed by atoms with E-state index >= 15 is 0 Å². The van der Waals surface area contributed by atoms with Crippen LogP contribution in [0.4, 0.5) is 0 Å². The number of Topliss-reactive ketones (excluding diaryl/α,β-unsaturated/α-hetero) is 1. The van der Waals surface area contributed by atoms with E-state index < -0.39 is 0 Å². The fraction of sp³-hybridized carbons (Fsp3) is 0.333. The lowest BCUT2D eigenvalue weighted by Crippen LogP contribution is -2.42. The third-order valence-electron chi connectivity index (χ3n) is 5.66. The monoisotopic (exact) mass is 391 g/mol. The van der Waals surface area contributed by atoms with E-state index in [9.17, 15) is 9.59 Å². The Bertz CT molecular complexity index is 1080. The van der Waals surface area contributed by atoms with Gasteiger partial charge in [-0.1, -0.05) is 0 Å². The van der Waals surface area contributed by atoms with E-state index in [4.69, 9.17) is 9.15 Å². The molecule has 5 nitrogen and oxygen atoms in total. The van der Waals surface area contributed by atoms with Crippen molar-refractivity contribution in [3.05, 3.63) is 64.9 Å². The van der Waals surface area contributed by atoms with Crippen LogP contribution in [0.5, 0.6) is 5.75 Å². The number of nitrogens with zero attached hydrogens (tertiary/aromatic N) is 1. The van der Waals surface area contributed by atoms with Gasteiger partial charge in [0.05, 0.1) is 7.11 Å². The van der Waals surface area contributed by atoms with Gasteiger partial charge in [0.15, 0.2) is 5.78 Å². The topological polar surface area (TPSA) is 59.8 Å². The molecular formula is C24H25NO4. The van der Waals surface area contributed by atoms with Gasteiger partial charge in [-0.05, 0) is 74.7 Å². The van der Waals surface area contributed by atoms with Crippen molar-refractivity contribution >= 4 is 22.7 Å². The van der Waals surface area contributed by atoms with Crippen molar-refractivity contribution < 1.29 is 18.7 Å². The van der Waals surface area contributed by atoms with Gasteiger partial charge in [-0.15, -0.1) is 0 Å². The molecule has 150 valence electrons.